The maximum atomic E-state index is 9.45. The van der Waals surface area contributed by atoms with Crippen molar-refractivity contribution in [3.8, 4) is 0 Å². The van der Waals surface area contributed by atoms with E-state index in [0.29, 0.717) is 0 Å². The molecule has 4 heteroatoms. The van der Waals surface area contributed by atoms with Gasteiger partial charge in [0, 0.05) is 32.0 Å². The van der Waals surface area contributed by atoms with Gasteiger partial charge in [-0.15, -0.1) is 0 Å². The molecule has 1 fully saturated rings. The van der Waals surface area contributed by atoms with E-state index in [9.17, 15) is 5.11 Å². The highest BCUT2D eigenvalue weighted by Gasteiger charge is 2.20. The number of likely N-dealkylation sites (tertiary alicyclic amines) is 1. The van der Waals surface area contributed by atoms with Crippen LogP contribution in [0.2, 0.25) is 0 Å². The number of aromatic nitrogens is 2. The molecule has 0 aliphatic carbocycles. The molecule has 1 saturated heterocycles. The average Bonchev–Trinajstić information content (AvgIpc) is 2.84. The van der Waals surface area contributed by atoms with Gasteiger partial charge in [0.05, 0.1) is 11.8 Å². The van der Waals surface area contributed by atoms with Crippen LogP contribution >= 0.6 is 0 Å². The first-order valence-corrected chi connectivity index (χ1v) is 5.64. The monoisotopic (exact) mass is 217 g/mol. The van der Waals surface area contributed by atoms with E-state index in [2.05, 4.69) is 16.1 Å². The Labute approximate surface area is 94.1 Å². The number of rotatable bonds is 2. The number of aliphatic hydroxyl groups is 1. The molecule has 2 aromatic heterocycles. The van der Waals surface area contributed by atoms with Crippen molar-refractivity contribution >= 4 is 5.65 Å². The van der Waals surface area contributed by atoms with Gasteiger partial charge >= 0.3 is 0 Å². The van der Waals surface area contributed by atoms with Crippen molar-refractivity contribution in [2.45, 2.75) is 19.1 Å². The zero-order valence-electron chi connectivity index (χ0n) is 9.08. The van der Waals surface area contributed by atoms with E-state index in [0.717, 1.165) is 37.4 Å². The highest BCUT2D eigenvalue weighted by molar-refractivity contribution is 5.39. The zero-order valence-corrected chi connectivity index (χ0v) is 9.08. The molecule has 0 radical (unpaired) electrons. The number of nitrogens with zero attached hydrogens (tertiary/aromatic N) is 3. The fraction of sp³-hybridized carbons (Fsp3) is 0.417. The number of β-amino-alcohol motifs (C(OH)–C–C–N with tert-alkyl or cyclic N) is 1. The van der Waals surface area contributed by atoms with Crippen molar-refractivity contribution < 1.29 is 5.11 Å². The summed E-state index contributed by atoms with van der Waals surface area (Å²) in [4.78, 5) is 6.78. The van der Waals surface area contributed by atoms with Crippen molar-refractivity contribution in [1.82, 2.24) is 14.3 Å². The minimum absolute atomic E-state index is 0.156. The minimum Gasteiger partial charge on any atom is -0.392 e. The van der Waals surface area contributed by atoms with Crippen LogP contribution in [0.15, 0.2) is 30.6 Å². The lowest BCUT2D eigenvalue weighted by molar-refractivity contribution is 0.174. The molecule has 0 aromatic carbocycles. The highest BCUT2D eigenvalue weighted by Crippen LogP contribution is 2.13. The molecule has 1 atom stereocenters. The van der Waals surface area contributed by atoms with E-state index in [1.54, 1.807) is 0 Å². The number of aliphatic hydroxyl groups excluding tert-OH is 1. The molecule has 0 saturated carbocycles. The molecule has 84 valence electrons. The summed E-state index contributed by atoms with van der Waals surface area (Å²) in [7, 11) is 0. The Morgan fingerprint density at radius 3 is 3.12 bits per heavy atom. The summed E-state index contributed by atoms with van der Waals surface area (Å²) >= 11 is 0. The van der Waals surface area contributed by atoms with Crippen molar-refractivity contribution in [3.63, 3.8) is 0 Å². The van der Waals surface area contributed by atoms with Crippen molar-refractivity contribution in [3.05, 3.63) is 36.3 Å². The van der Waals surface area contributed by atoms with E-state index < -0.39 is 0 Å². The molecule has 0 bridgehead atoms. The van der Waals surface area contributed by atoms with Gasteiger partial charge < -0.3 is 9.51 Å². The van der Waals surface area contributed by atoms with Gasteiger partial charge in [0.25, 0.3) is 0 Å². The van der Waals surface area contributed by atoms with Gasteiger partial charge in [0.1, 0.15) is 5.65 Å². The second kappa shape index (κ2) is 3.88. The fourth-order valence-electron chi connectivity index (χ4n) is 2.25. The molecule has 3 rings (SSSR count). The van der Waals surface area contributed by atoms with Gasteiger partial charge in [-0.05, 0) is 18.6 Å². The Balaban J connectivity index is 1.79. The minimum atomic E-state index is -0.156. The maximum absolute atomic E-state index is 9.45. The van der Waals surface area contributed by atoms with Crippen LogP contribution in [0.1, 0.15) is 12.1 Å². The predicted molar refractivity (Wildman–Crippen MR) is 61.1 cm³/mol. The average molecular weight is 217 g/mol. The smallest absolute Gasteiger partial charge is 0.137 e. The summed E-state index contributed by atoms with van der Waals surface area (Å²) in [6.45, 7) is 2.57. The number of fused-ring (bicyclic) bond motifs is 1. The van der Waals surface area contributed by atoms with Gasteiger partial charge in [-0.3, -0.25) is 4.90 Å². The lowest BCUT2D eigenvalue weighted by Crippen LogP contribution is -2.21. The SMILES string of the molecule is O[C@@H]1CCN(Cc2cn3ccccc3n2)C1. The van der Waals surface area contributed by atoms with Gasteiger partial charge in [-0.2, -0.15) is 0 Å². The largest absolute Gasteiger partial charge is 0.392 e. The lowest BCUT2D eigenvalue weighted by atomic mass is 10.3. The summed E-state index contributed by atoms with van der Waals surface area (Å²) < 4.78 is 2.03. The highest BCUT2D eigenvalue weighted by atomic mass is 16.3. The molecule has 1 N–H and O–H groups in total. The van der Waals surface area contributed by atoms with Gasteiger partial charge in [0.15, 0.2) is 0 Å². The summed E-state index contributed by atoms with van der Waals surface area (Å²) in [6.07, 6.45) is 4.79. The van der Waals surface area contributed by atoms with Crippen molar-refractivity contribution in [2.24, 2.45) is 0 Å². The first-order valence-electron chi connectivity index (χ1n) is 5.64. The topological polar surface area (TPSA) is 40.8 Å². The first-order chi connectivity index (χ1) is 7.81. The van der Waals surface area contributed by atoms with Crippen LogP contribution in [0, 0.1) is 0 Å². The van der Waals surface area contributed by atoms with Crippen LogP contribution < -0.4 is 0 Å². The number of hydrogen-bond donors (Lipinski definition) is 1. The van der Waals surface area contributed by atoms with Crippen LogP contribution in [-0.4, -0.2) is 38.6 Å². The summed E-state index contributed by atoms with van der Waals surface area (Å²) in [6, 6.07) is 5.99. The first kappa shape index (κ1) is 9.81. The van der Waals surface area contributed by atoms with Crippen LogP contribution in [0.5, 0.6) is 0 Å². The molecule has 4 nitrogen and oxygen atoms in total. The van der Waals surface area contributed by atoms with Crippen molar-refractivity contribution in [1.29, 1.82) is 0 Å². The Hall–Kier alpha value is -1.39. The van der Waals surface area contributed by atoms with Crippen LogP contribution in [0.25, 0.3) is 5.65 Å². The number of hydrogen-bond acceptors (Lipinski definition) is 3. The van der Waals surface area contributed by atoms with E-state index in [1.807, 2.05) is 28.8 Å². The predicted octanol–water partition coefficient (Wildman–Crippen LogP) is 0.901. The van der Waals surface area contributed by atoms with Gasteiger partial charge in [-0.25, -0.2) is 4.98 Å². The quantitative estimate of drug-likeness (QED) is 0.812. The standard InChI is InChI=1S/C12H15N3O/c16-11-4-6-14(9-11)7-10-8-15-5-2-1-3-12(15)13-10/h1-3,5,8,11,16H,4,6-7,9H2/t11-/m1/s1. The summed E-state index contributed by atoms with van der Waals surface area (Å²) in [5.74, 6) is 0. The number of pyridine rings is 1. The maximum Gasteiger partial charge on any atom is 0.137 e. The van der Waals surface area contributed by atoms with Crippen LogP contribution in [0.4, 0.5) is 0 Å². The van der Waals surface area contributed by atoms with E-state index >= 15 is 0 Å². The van der Waals surface area contributed by atoms with Crippen LogP contribution in [0.3, 0.4) is 0 Å². The second-order valence-electron chi connectivity index (χ2n) is 4.38. The zero-order chi connectivity index (χ0) is 11.0. The summed E-state index contributed by atoms with van der Waals surface area (Å²) in [5, 5.41) is 9.45. The second-order valence-corrected chi connectivity index (χ2v) is 4.38. The molecule has 0 amide bonds. The normalized spacial score (nSPS) is 21.9. The third-order valence-electron chi connectivity index (χ3n) is 3.05. The van der Waals surface area contributed by atoms with Gasteiger partial charge in [0.2, 0.25) is 0 Å². The Morgan fingerprint density at radius 2 is 2.38 bits per heavy atom. The molecule has 0 spiro atoms. The van der Waals surface area contributed by atoms with Crippen LogP contribution in [-0.2, 0) is 6.54 Å². The van der Waals surface area contributed by atoms with Gasteiger partial charge in [-0.1, -0.05) is 6.07 Å². The third-order valence-corrected chi connectivity index (χ3v) is 3.05. The Morgan fingerprint density at radius 1 is 1.44 bits per heavy atom. The van der Waals surface area contributed by atoms with E-state index in [-0.39, 0.29) is 6.10 Å². The molecular weight excluding hydrogens is 202 g/mol. The summed E-state index contributed by atoms with van der Waals surface area (Å²) in [5.41, 5.74) is 2.05. The molecule has 0 unspecified atom stereocenters. The van der Waals surface area contributed by atoms with E-state index in [1.165, 1.54) is 0 Å². The Kier molecular flexibility index (Phi) is 2.38. The third kappa shape index (κ3) is 1.81. The van der Waals surface area contributed by atoms with Crippen molar-refractivity contribution in [2.75, 3.05) is 13.1 Å². The lowest BCUT2D eigenvalue weighted by Gasteiger charge is -2.12. The molecule has 3 heterocycles. The molecule has 16 heavy (non-hydrogen) atoms. The molecular formula is C12H15N3O. The number of imidazole rings is 1. The Bertz CT molecular complexity index is 461. The molecule has 1 aliphatic rings. The molecule has 2 aromatic rings. The fourth-order valence-corrected chi connectivity index (χ4v) is 2.25. The van der Waals surface area contributed by atoms with E-state index in [4.69, 9.17) is 0 Å². The molecule has 1 aliphatic heterocycles.